The minimum atomic E-state index is -0.131. The molecule has 0 bridgehead atoms. The minimum Gasteiger partial charge on any atom is -0.349 e. The first-order valence-corrected chi connectivity index (χ1v) is 9.60. The highest BCUT2D eigenvalue weighted by Gasteiger charge is 2.08. The van der Waals surface area contributed by atoms with Crippen molar-refractivity contribution in [2.75, 3.05) is 0 Å². The lowest BCUT2D eigenvalue weighted by atomic mass is 10.2. The number of rotatable bonds is 8. The fourth-order valence-corrected chi connectivity index (χ4v) is 3.17. The molecule has 4 aromatic rings. The number of amides is 1. The Kier molecular flexibility index (Phi) is 5.55. The third-order valence-electron chi connectivity index (χ3n) is 4.73. The summed E-state index contributed by atoms with van der Waals surface area (Å²) in [5, 5.41) is 19.7. The molecule has 1 amide bonds. The molecule has 0 aliphatic carbocycles. The fourth-order valence-electron chi connectivity index (χ4n) is 3.17. The lowest BCUT2D eigenvalue weighted by Gasteiger charge is -2.06. The molecule has 0 aliphatic heterocycles. The van der Waals surface area contributed by atoms with E-state index in [4.69, 9.17) is 0 Å². The van der Waals surface area contributed by atoms with E-state index in [1.54, 1.807) is 12.1 Å². The highest BCUT2D eigenvalue weighted by atomic mass is 16.1. The van der Waals surface area contributed by atoms with Gasteiger partial charge in [0.05, 0.1) is 11.9 Å². The van der Waals surface area contributed by atoms with Crippen LogP contribution in [0, 0.1) is 0 Å². The number of pyridine rings is 1. The number of fused-ring (bicyclic) bond motifs is 2. The Balaban J connectivity index is 1.20. The van der Waals surface area contributed by atoms with Crippen molar-refractivity contribution in [2.45, 2.75) is 38.8 Å². The Morgan fingerprint density at radius 3 is 2.76 bits per heavy atom. The van der Waals surface area contributed by atoms with E-state index >= 15 is 0 Å². The Morgan fingerprint density at radius 2 is 1.83 bits per heavy atom. The van der Waals surface area contributed by atoms with Crippen molar-refractivity contribution in [1.82, 2.24) is 34.9 Å². The van der Waals surface area contributed by atoms with E-state index in [1.165, 1.54) is 4.68 Å². The summed E-state index contributed by atoms with van der Waals surface area (Å²) in [7, 11) is 0. The second-order valence-electron chi connectivity index (χ2n) is 6.77. The average molecular weight is 391 g/mol. The Bertz CT molecular complexity index is 1200. The highest BCUT2D eigenvalue weighted by molar-refractivity contribution is 5.76. The predicted octanol–water partition coefficient (Wildman–Crippen LogP) is 1.71. The van der Waals surface area contributed by atoms with E-state index in [2.05, 4.69) is 25.8 Å². The van der Waals surface area contributed by atoms with Crippen LogP contribution in [0.3, 0.4) is 0 Å². The van der Waals surface area contributed by atoms with Gasteiger partial charge in [-0.15, -0.1) is 15.3 Å². The molecule has 4 rings (SSSR count). The zero-order valence-electron chi connectivity index (χ0n) is 15.9. The van der Waals surface area contributed by atoms with Gasteiger partial charge < -0.3 is 5.32 Å². The first-order valence-electron chi connectivity index (χ1n) is 9.60. The Labute approximate surface area is 166 Å². The largest absolute Gasteiger partial charge is 0.349 e. The maximum absolute atomic E-state index is 12.4. The zero-order valence-corrected chi connectivity index (χ0v) is 15.9. The first kappa shape index (κ1) is 18.7. The van der Waals surface area contributed by atoms with Gasteiger partial charge in [0, 0.05) is 19.2 Å². The van der Waals surface area contributed by atoms with Gasteiger partial charge in [0.15, 0.2) is 11.5 Å². The Hall–Kier alpha value is -3.62. The summed E-state index contributed by atoms with van der Waals surface area (Å²) in [6.07, 6.45) is 4.61. The Morgan fingerprint density at radius 1 is 0.966 bits per heavy atom. The third kappa shape index (κ3) is 4.29. The van der Waals surface area contributed by atoms with Crippen LogP contribution in [-0.2, 0) is 17.9 Å². The van der Waals surface area contributed by atoms with Crippen molar-refractivity contribution >= 4 is 22.5 Å². The number of hydrogen-bond donors (Lipinski definition) is 1. The molecule has 0 atom stereocenters. The number of hydrogen-bond acceptors (Lipinski definition) is 6. The zero-order chi connectivity index (χ0) is 20.1. The number of benzene rings is 1. The normalized spacial score (nSPS) is 11.2. The van der Waals surface area contributed by atoms with Crippen molar-refractivity contribution in [3.63, 3.8) is 0 Å². The molecule has 3 aromatic heterocycles. The van der Waals surface area contributed by atoms with Gasteiger partial charge in [-0.2, -0.15) is 0 Å². The molecule has 0 aliphatic rings. The molecule has 1 N–H and O–H groups in total. The molecule has 0 unspecified atom stereocenters. The van der Waals surface area contributed by atoms with Crippen molar-refractivity contribution in [3.05, 3.63) is 64.8 Å². The second kappa shape index (κ2) is 8.59. The molecular formula is C20H21N7O2. The van der Waals surface area contributed by atoms with Crippen LogP contribution in [0.5, 0.6) is 0 Å². The minimum absolute atomic E-state index is 0.0275. The summed E-state index contributed by atoms with van der Waals surface area (Å²) in [6, 6.07) is 12.8. The third-order valence-corrected chi connectivity index (χ3v) is 4.73. The van der Waals surface area contributed by atoms with Crippen LogP contribution in [0.15, 0.2) is 53.5 Å². The summed E-state index contributed by atoms with van der Waals surface area (Å²) in [6.45, 7) is 0.829. The van der Waals surface area contributed by atoms with Gasteiger partial charge in [-0.1, -0.05) is 29.8 Å². The number of nitrogens with zero attached hydrogens (tertiary/aromatic N) is 6. The number of carbonyl (C=O) groups excluding carboxylic acids is 1. The van der Waals surface area contributed by atoms with Crippen LogP contribution < -0.4 is 10.9 Å². The maximum Gasteiger partial charge on any atom is 0.277 e. The van der Waals surface area contributed by atoms with Crippen molar-refractivity contribution < 1.29 is 4.79 Å². The van der Waals surface area contributed by atoms with E-state index in [1.807, 2.05) is 40.9 Å². The fraction of sp³-hybridized carbons (Fsp3) is 0.300. The quantitative estimate of drug-likeness (QED) is 0.458. The van der Waals surface area contributed by atoms with Gasteiger partial charge >= 0.3 is 0 Å². The number of carbonyl (C=O) groups is 1. The summed E-state index contributed by atoms with van der Waals surface area (Å²) in [5.41, 5.74) is 1.23. The highest BCUT2D eigenvalue weighted by Crippen LogP contribution is 2.06. The molecule has 0 fully saturated rings. The number of nitrogens with one attached hydrogen (secondary N) is 1. The monoisotopic (exact) mass is 391 g/mol. The molecule has 29 heavy (non-hydrogen) atoms. The number of aryl methyl sites for hydroxylation is 1. The number of aromatic nitrogens is 6. The van der Waals surface area contributed by atoms with Crippen molar-refractivity contribution in [1.29, 1.82) is 0 Å². The second-order valence-corrected chi connectivity index (χ2v) is 6.77. The van der Waals surface area contributed by atoms with Gasteiger partial charge in [0.2, 0.25) is 5.91 Å². The van der Waals surface area contributed by atoms with E-state index < -0.39 is 0 Å². The summed E-state index contributed by atoms with van der Waals surface area (Å²) < 4.78 is 3.24. The van der Waals surface area contributed by atoms with Crippen LogP contribution in [-0.4, -0.2) is 35.5 Å². The molecule has 3 heterocycles. The molecule has 9 nitrogen and oxygen atoms in total. The molecule has 0 spiro atoms. The molecule has 148 valence electrons. The average Bonchev–Trinajstić information content (AvgIpc) is 3.17. The van der Waals surface area contributed by atoms with Gasteiger partial charge in [0.1, 0.15) is 5.52 Å². The molecule has 0 radical (unpaired) electrons. The van der Waals surface area contributed by atoms with E-state index in [-0.39, 0.29) is 11.5 Å². The number of unbranched alkanes of at least 4 members (excludes halogenated alkanes) is 2. The first-order chi connectivity index (χ1) is 14.2. The van der Waals surface area contributed by atoms with E-state index in [0.717, 1.165) is 24.9 Å². The van der Waals surface area contributed by atoms with Crippen LogP contribution in [0.1, 0.15) is 31.5 Å². The van der Waals surface area contributed by atoms with Crippen LogP contribution in [0.2, 0.25) is 0 Å². The van der Waals surface area contributed by atoms with Crippen LogP contribution >= 0.6 is 0 Å². The van der Waals surface area contributed by atoms with Gasteiger partial charge in [-0.05, 0) is 37.1 Å². The summed E-state index contributed by atoms with van der Waals surface area (Å²) in [5.74, 6) is 0.670. The van der Waals surface area contributed by atoms with E-state index in [0.29, 0.717) is 36.2 Å². The van der Waals surface area contributed by atoms with Crippen molar-refractivity contribution in [2.24, 2.45) is 0 Å². The SMILES string of the molecule is O=C(CCCCCn1nnc2ccccc2c1=O)NCc1nnc2ccccn12. The van der Waals surface area contributed by atoms with Crippen LogP contribution in [0.25, 0.3) is 16.6 Å². The topological polar surface area (TPSA) is 107 Å². The van der Waals surface area contributed by atoms with Crippen molar-refractivity contribution in [3.8, 4) is 0 Å². The van der Waals surface area contributed by atoms with Gasteiger partial charge in [-0.25, -0.2) is 4.68 Å². The standard InChI is InChI=1S/C20H21N7O2/c28-19(21-14-18-24-23-17-10-5-7-12-26(17)18)11-2-1-6-13-27-20(29)15-8-3-4-9-16(15)22-25-27/h3-5,7-10,12H,1-2,6,11,13-14H2,(H,21,28). The molecular weight excluding hydrogens is 370 g/mol. The maximum atomic E-state index is 12.4. The lowest BCUT2D eigenvalue weighted by molar-refractivity contribution is -0.121. The lowest BCUT2D eigenvalue weighted by Crippen LogP contribution is -2.24. The van der Waals surface area contributed by atoms with E-state index in [9.17, 15) is 9.59 Å². The van der Waals surface area contributed by atoms with Gasteiger partial charge in [0.25, 0.3) is 5.56 Å². The molecule has 9 heteroatoms. The molecule has 0 saturated carbocycles. The molecule has 1 aromatic carbocycles. The van der Waals surface area contributed by atoms with Gasteiger partial charge in [-0.3, -0.25) is 14.0 Å². The van der Waals surface area contributed by atoms with Crippen LogP contribution in [0.4, 0.5) is 0 Å². The smallest absolute Gasteiger partial charge is 0.277 e. The predicted molar refractivity (Wildman–Crippen MR) is 107 cm³/mol. The summed E-state index contributed by atoms with van der Waals surface area (Å²) >= 11 is 0. The summed E-state index contributed by atoms with van der Waals surface area (Å²) in [4.78, 5) is 24.4. The molecule has 0 saturated heterocycles.